The molecule has 3 aromatic rings. The van der Waals surface area contributed by atoms with Crippen LogP contribution in [0.2, 0.25) is 0 Å². The predicted molar refractivity (Wildman–Crippen MR) is 138 cm³/mol. The number of nitrogens with zero attached hydrogens (tertiary/aromatic N) is 2. The minimum atomic E-state index is -0.393. The van der Waals surface area contributed by atoms with Crippen molar-refractivity contribution in [1.29, 1.82) is 0 Å². The molecule has 5 heteroatoms. The Morgan fingerprint density at radius 2 is 1.47 bits per heavy atom. The summed E-state index contributed by atoms with van der Waals surface area (Å²) in [4.78, 5) is 20.6. The number of fused-ring (bicyclic) bond motifs is 2. The van der Waals surface area contributed by atoms with Gasteiger partial charge in [0.15, 0.2) is 0 Å². The monoisotopic (exact) mass is 469 g/mol. The summed E-state index contributed by atoms with van der Waals surface area (Å²) in [7, 11) is 0. The Hall–Kier alpha value is -2.76. The minimum Gasteiger partial charge on any atom is -0.339 e. The molecule has 0 aliphatic carbocycles. The second-order valence-electron chi connectivity index (χ2n) is 9.67. The fourth-order valence-corrected chi connectivity index (χ4v) is 7.20. The maximum Gasteiger partial charge on any atom is 0.247 e. The molecule has 0 radical (unpaired) electrons. The highest BCUT2D eigenvalue weighted by atomic mass is 32.2. The molecule has 0 bridgehead atoms. The second-order valence-corrected chi connectivity index (χ2v) is 10.8. The van der Waals surface area contributed by atoms with Crippen molar-refractivity contribution < 1.29 is 4.79 Å². The number of hydrogen-bond acceptors (Lipinski definition) is 4. The van der Waals surface area contributed by atoms with Crippen LogP contribution in [0.5, 0.6) is 0 Å². The molecule has 6 rings (SSSR count). The van der Waals surface area contributed by atoms with Crippen LogP contribution in [0.3, 0.4) is 0 Å². The lowest BCUT2D eigenvalue weighted by molar-refractivity contribution is -0.125. The molecule has 0 aromatic heterocycles. The molecular weight excluding hydrogens is 438 g/mol. The highest BCUT2D eigenvalue weighted by Gasteiger charge is 2.50. The van der Waals surface area contributed by atoms with Gasteiger partial charge >= 0.3 is 0 Å². The van der Waals surface area contributed by atoms with Gasteiger partial charge in [-0.05, 0) is 67.6 Å². The first-order valence-electron chi connectivity index (χ1n) is 12.4. The molecule has 0 atom stereocenters. The van der Waals surface area contributed by atoms with Gasteiger partial charge in [-0.2, -0.15) is 0 Å². The van der Waals surface area contributed by atoms with E-state index in [1.165, 1.54) is 27.3 Å². The summed E-state index contributed by atoms with van der Waals surface area (Å²) in [6, 6.07) is 28.2. The molecule has 3 aliphatic heterocycles. The van der Waals surface area contributed by atoms with Crippen LogP contribution in [0.25, 0.3) is 0 Å². The summed E-state index contributed by atoms with van der Waals surface area (Å²) in [6.07, 6.45) is 4.10. The maximum atomic E-state index is 12.9. The molecule has 3 heterocycles. The highest BCUT2D eigenvalue weighted by molar-refractivity contribution is 7.99. The van der Waals surface area contributed by atoms with E-state index in [0.29, 0.717) is 12.6 Å². The number of benzene rings is 3. The van der Waals surface area contributed by atoms with Crippen molar-refractivity contribution in [2.45, 2.75) is 46.9 Å². The number of piperidine rings is 1. The van der Waals surface area contributed by atoms with E-state index in [1.807, 2.05) is 17.8 Å². The third-order valence-electron chi connectivity index (χ3n) is 7.86. The molecule has 0 unspecified atom stereocenters. The Morgan fingerprint density at radius 1 is 0.853 bits per heavy atom. The highest BCUT2D eigenvalue weighted by Crippen LogP contribution is 2.47. The van der Waals surface area contributed by atoms with E-state index in [2.05, 4.69) is 87.9 Å². The van der Waals surface area contributed by atoms with Gasteiger partial charge in [0.1, 0.15) is 5.54 Å². The van der Waals surface area contributed by atoms with Gasteiger partial charge in [0, 0.05) is 34.5 Å². The smallest absolute Gasteiger partial charge is 0.247 e. The number of rotatable bonds is 5. The zero-order valence-electron chi connectivity index (χ0n) is 19.5. The van der Waals surface area contributed by atoms with Crippen LogP contribution in [-0.2, 0) is 4.79 Å². The van der Waals surface area contributed by atoms with Gasteiger partial charge in [-0.3, -0.25) is 4.79 Å². The largest absolute Gasteiger partial charge is 0.339 e. The van der Waals surface area contributed by atoms with Crippen LogP contribution in [0.4, 0.5) is 5.69 Å². The fraction of sp³-hybridized carbons (Fsp3) is 0.345. The average molecular weight is 470 g/mol. The van der Waals surface area contributed by atoms with Gasteiger partial charge < -0.3 is 15.1 Å². The fourth-order valence-electron chi connectivity index (χ4n) is 6.02. The lowest BCUT2D eigenvalue weighted by Gasteiger charge is -2.43. The van der Waals surface area contributed by atoms with E-state index in [9.17, 15) is 4.79 Å². The van der Waals surface area contributed by atoms with Gasteiger partial charge in [0.05, 0.1) is 6.67 Å². The molecular formula is C29H31N3OS. The summed E-state index contributed by atoms with van der Waals surface area (Å²) in [5.41, 5.74) is 3.70. The lowest BCUT2D eigenvalue weighted by atomic mass is 9.85. The molecule has 34 heavy (non-hydrogen) atoms. The summed E-state index contributed by atoms with van der Waals surface area (Å²) >= 11 is 1.90. The Balaban J connectivity index is 1.10. The molecule has 1 spiro atoms. The van der Waals surface area contributed by atoms with Crippen molar-refractivity contribution in [3.05, 3.63) is 90.0 Å². The zero-order chi connectivity index (χ0) is 23.0. The van der Waals surface area contributed by atoms with Crippen molar-refractivity contribution in [3.63, 3.8) is 0 Å². The van der Waals surface area contributed by atoms with Crippen molar-refractivity contribution in [1.82, 2.24) is 10.2 Å². The zero-order valence-corrected chi connectivity index (χ0v) is 20.3. The first-order chi connectivity index (χ1) is 16.7. The second kappa shape index (κ2) is 9.12. The standard InChI is InChI=1S/C29H31N3OS/c33-28-29(32(21-30-28)22-9-2-1-3-10-22)16-19-31(20-17-29)18-8-13-23-24-11-4-6-14-26(24)34-27-15-7-5-12-25(23)27/h1-7,9-12,14-15,23H,8,13,16-21H2,(H,30,33). The van der Waals surface area contributed by atoms with Gasteiger partial charge in [-0.1, -0.05) is 66.4 Å². The summed E-state index contributed by atoms with van der Waals surface area (Å²) < 4.78 is 0. The van der Waals surface area contributed by atoms with E-state index in [-0.39, 0.29) is 5.91 Å². The maximum absolute atomic E-state index is 12.9. The van der Waals surface area contributed by atoms with Crippen LogP contribution >= 0.6 is 11.8 Å². The van der Waals surface area contributed by atoms with Gasteiger partial charge in [-0.25, -0.2) is 0 Å². The van der Waals surface area contributed by atoms with Crippen molar-refractivity contribution >= 4 is 23.4 Å². The van der Waals surface area contributed by atoms with E-state index in [0.717, 1.165) is 44.6 Å². The third-order valence-corrected chi connectivity index (χ3v) is 9.05. The first-order valence-corrected chi connectivity index (χ1v) is 13.3. The van der Waals surface area contributed by atoms with Gasteiger partial charge in [-0.15, -0.1) is 0 Å². The summed E-state index contributed by atoms with van der Waals surface area (Å²) in [6.45, 7) is 3.66. The number of likely N-dealkylation sites (tertiary alicyclic amines) is 1. The molecule has 1 amide bonds. The Morgan fingerprint density at radius 3 is 2.15 bits per heavy atom. The number of carbonyl (C=O) groups excluding carboxylic acids is 1. The normalized spacial score (nSPS) is 19.6. The number of para-hydroxylation sites is 1. The van der Waals surface area contributed by atoms with E-state index >= 15 is 0 Å². The Labute approximate surface area is 206 Å². The molecule has 3 aromatic carbocycles. The minimum absolute atomic E-state index is 0.198. The lowest BCUT2D eigenvalue weighted by Crippen LogP contribution is -2.56. The molecule has 2 saturated heterocycles. The van der Waals surface area contributed by atoms with Gasteiger partial charge in [0.2, 0.25) is 5.91 Å². The SMILES string of the molecule is O=C1NCN(c2ccccc2)C12CCN(CCCC1c3ccccc3Sc3ccccc31)CC2. The summed E-state index contributed by atoms with van der Waals surface area (Å²) in [5.74, 6) is 0.669. The van der Waals surface area contributed by atoms with Crippen molar-refractivity contribution in [3.8, 4) is 0 Å². The molecule has 3 aliphatic rings. The Kier molecular flexibility index (Phi) is 5.84. The van der Waals surface area contributed by atoms with Crippen LogP contribution in [0, 0.1) is 0 Å². The third kappa shape index (κ3) is 3.81. The number of carbonyl (C=O) groups is 1. The average Bonchev–Trinajstić information content (AvgIpc) is 3.20. The molecule has 4 nitrogen and oxygen atoms in total. The number of hydrogen-bond donors (Lipinski definition) is 1. The summed E-state index contributed by atoms with van der Waals surface area (Å²) in [5, 5.41) is 3.11. The number of nitrogens with one attached hydrogen (secondary N) is 1. The predicted octanol–water partition coefficient (Wildman–Crippen LogP) is 5.49. The van der Waals surface area contributed by atoms with Crippen LogP contribution in [-0.4, -0.2) is 42.6 Å². The van der Waals surface area contributed by atoms with Crippen molar-refractivity contribution in [2.75, 3.05) is 31.2 Å². The molecule has 2 fully saturated rings. The quantitative estimate of drug-likeness (QED) is 0.536. The van der Waals surface area contributed by atoms with Crippen LogP contribution < -0.4 is 10.2 Å². The van der Waals surface area contributed by atoms with Gasteiger partial charge in [0.25, 0.3) is 0 Å². The van der Waals surface area contributed by atoms with E-state index in [1.54, 1.807) is 0 Å². The first kappa shape index (κ1) is 21.8. The van der Waals surface area contributed by atoms with Crippen LogP contribution in [0.1, 0.15) is 42.7 Å². The van der Waals surface area contributed by atoms with Crippen LogP contribution in [0.15, 0.2) is 88.7 Å². The Bertz CT molecular complexity index is 1130. The molecule has 174 valence electrons. The topological polar surface area (TPSA) is 35.6 Å². The van der Waals surface area contributed by atoms with Crippen molar-refractivity contribution in [2.24, 2.45) is 0 Å². The number of anilines is 1. The van der Waals surface area contributed by atoms with E-state index < -0.39 is 5.54 Å². The number of amides is 1. The molecule has 1 N–H and O–H groups in total. The van der Waals surface area contributed by atoms with E-state index in [4.69, 9.17) is 0 Å². The molecule has 0 saturated carbocycles.